The van der Waals surface area contributed by atoms with E-state index in [0.29, 0.717) is 37.6 Å². The van der Waals surface area contributed by atoms with Crippen LogP contribution in [0.2, 0.25) is 0 Å². The minimum absolute atomic E-state index is 0.0757. The lowest BCUT2D eigenvalue weighted by atomic mass is 10.1. The Balaban J connectivity index is 2.00. The SMILES string of the molecule is CN(CCC#N)Cc1nc(Cc2ccccc2)n(-c2ccc(S(N)(=O)=O)cc2F)n1. The molecule has 1 heterocycles. The van der Waals surface area contributed by atoms with Crippen molar-refractivity contribution >= 4 is 10.0 Å². The molecule has 0 saturated carbocycles. The first kappa shape index (κ1) is 21.6. The van der Waals surface area contributed by atoms with Crippen LogP contribution in [0.25, 0.3) is 5.69 Å². The standard InChI is InChI=1S/C20H21FN6O2S/c1-26(11-5-10-22)14-19-24-20(12-15-6-3-2-4-7-15)27(25-19)18-9-8-16(13-17(18)21)30(23,28)29/h2-4,6-9,13H,5,11-12,14H2,1H3,(H2,23,28,29). The second-order valence-corrected chi connectivity index (χ2v) is 8.38. The third-order valence-electron chi connectivity index (χ3n) is 4.42. The number of benzene rings is 2. The molecule has 0 unspecified atom stereocenters. The van der Waals surface area contributed by atoms with Crippen LogP contribution in [0, 0.1) is 17.1 Å². The predicted octanol–water partition coefficient (Wildman–Crippen LogP) is 1.99. The molecule has 3 rings (SSSR count). The smallest absolute Gasteiger partial charge is 0.238 e. The fraction of sp³-hybridized carbons (Fsp3) is 0.250. The molecule has 0 bridgehead atoms. The van der Waals surface area contributed by atoms with E-state index in [1.807, 2.05) is 42.3 Å². The summed E-state index contributed by atoms with van der Waals surface area (Å²) in [4.78, 5) is 6.14. The van der Waals surface area contributed by atoms with Gasteiger partial charge in [0.15, 0.2) is 5.82 Å². The van der Waals surface area contributed by atoms with E-state index in [1.54, 1.807) is 0 Å². The van der Waals surface area contributed by atoms with E-state index >= 15 is 0 Å². The van der Waals surface area contributed by atoms with Crippen LogP contribution in [0.4, 0.5) is 4.39 Å². The average Bonchev–Trinajstić information content (AvgIpc) is 3.08. The second-order valence-electron chi connectivity index (χ2n) is 6.82. The van der Waals surface area contributed by atoms with E-state index in [9.17, 15) is 12.8 Å². The first-order chi connectivity index (χ1) is 14.3. The fourth-order valence-corrected chi connectivity index (χ4v) is 3.47. The second kappa shape index (κ2) is 9.13. The minimum Gasteiger partial charge on any atom is -0.298 e. The molecule has 30 heavy (non-hydrogen) atoms. The van der Waals surface area contributed by atoms with Gasteiger partial charge in [-0.15, -0.1) is 5.10 Å². The molecule has 2 N–H and O–H groups in total. The van der Waals surface area contributed by atoms with E-state index in [2.05, 4.69) is 16.2 Å². The molecule has 8 nitrogen and oxygen atoms in total. The van der Waals surface area contributed by atoms with Crippen LogP contribution in [0.1, 0.15) is 23.6 Å². The van der Waals surface area contributed by atoms with Crippen molar-refractivity contribution in [1.82, 2.24) is 19.7 Å². The number of primary sulfonamides is 1. The number of aromatic nitrogens is 3. The van der Waals surface area contributed by atoms with Crippen LogP contribution in [-0.2, 0) is 23.0 Å². The summed E-state index contributed by atoms with van der Waals surface area (Å²) in [7, 11) is -2.18. The maximum atomic E-state index is 14.8. The van der Waals surface area contributed by atoms with Gasteiger partial charge in [-0.2, -0.15) is 5.26 Å². The van der Waals surface area contributed by atoms with Crippen molar-refractivity contribution in [3.63, 3.8) is 0 Å². The van der Waals surface area contributed by atoms with Gasteiger partial charge >= 0.3 is 0 Å². The Bertz CT molecular complexity index is 1170. The summed E-state index contributed by atoms with van der Waals surface area (Å²) >= 11 is 0. The van der Waals surface area contributed by atoms with Gasteiger partial charge < -0.3 is 0 Å². The number of hydrogen-bond acceptors (Lipinski definition) is 6. The largest absolute Gasteiger partial charge is 0.298 e. The molecule has 0 amide bonds. The first-order valence-corrected chi connectivity index (χ1v) is 10.7. The summed E-state index contributed by atoms with van der Waals surface area (Å²) in [6.07, 6.45) is 0.782. The van der Waals surface area contributed by atoms with Crippen LogP contribution >= 0.6 is 0 Å². The topological polar surface area (TPSA) is 118 Å². The van der Waals surface area contributed by atoms with Crippen molar-refractivity contribution in [3.8, 4) is 11.8 Å². The molecule has 0 aliphatic heterocycles. The Labute approximate surface area is 174 Å². The summed E-state index contributed by atoms with van der Waals surface area (Å²) in [6, 6.07) is 15.1. The molecular weight excluding hydrogens is 407 g/mol. The van der Waals surface area contributed by atoms with Gasteiger partial charge in [0.25, 0.3) is 0 Å². The number of sulfonamides is 1. The number of halogens is 1. The van der Waals surface area contributed by atoms with Gasteiger partial charge in [0, 0.05) is 19.4 Å². The molecule has 0 saturated heterocycles. The Morgan fingerprint density at radius 2 is 1.97 bits per heavy atom. The zero-order chi connectivity index (χ0) is 21.7. The third-order valence-corrected chi connectivity index (χ3v) is 5.33. The van der Waals surface area contributed by atoms with Crippen molar-refractivity contribution in [2.75, 3.05) is 13.6 Å². The lowest BCUT2D eigenvalue weighted by Crippen LogP contribution is -2.19. The van der Waals surface area contributed by atoms with E-state index in [0.717, 1.165) is 11.6 Å². The van der Waals surface area contributed by atoms with Crippen LogP contribution in [-0.4, -0.2) is 41.7 Å². The average molecular weight is 428 g/mol. The summed E-state index contributed by atoms with van der Waals surface area (Å²) in [5.41, 5.74) is 1.05. The van der Waals surface area contributed by atoms with E-state index in [1.165, 1.54) is 16.8 Å². The highest BCUT2D eigenvalue weighted by Crippen LogP contribution is 2.20. The summed E-state index contributed by atoms with van der Waals surface area (Å²) in [6.45, 7) is 0.934. The molecular formula is C20H21FN6O2S. The summed E-state index contributed by atoms with van der Waals surface area (Å²) in [5, 5.41) is 18.3. The Hall–Kier alpha value is -3.13. The maximum Gasteiger partial charge on any atom is 0.238 e. The molecule has 1 aromatic heterocycles. The highest BCUT2D eigenvalue weighted by atomic mass is 32.2. The van der Waals surface area contributed by atoms with E-state index < -0.39 is 15.8 Å². The van der Waals surface area contributed by atoms with Crippen LogP contribution < -0.4 is 5.14 Å². The molecule has 0 radical (unpaired) electrons. The minimum atomic E-state index is -4.02. The molecule has 10 heteroatoms. The van der Waals surface area contributed by atoms with Crippen LogP contribution in [0.5, 0.6) is 0 Å². The zero-order valence-electron chi connectivity index (χ0n) is 16.4. The third kappa shape index (κ3) is 5.27. The Morgan fingerprint density at radius 1 is 1.23 bits per heavy atom. The summed E-state index contributed by atoms with van der Waals surface area (Å²) in [5.74, 6) is 0.202. The fourth-order valence-electron chi connectivity index (χ4n) is 2.94. The van der Waals surface area contributed by atoms with Gasteiger partial charge in [-0.25, -0.2) is 27.6 Å². The quantitative estimate of drug-likeness (QED) is 0.586. The Morgan fingerprint density at radius 3 is 2.60 bits per heavy atom. The van der Waals surface area contributed by atoms with E-state index in [-0.39, 0.29) is 10.6 Å². The predicted molar refractivity (Wildman–Crippen MR) is 109 cm³/mol. The molecule has 0 atom stereocenters. The van der Waals surface area contributed by atoms with Crippen molar-refractivity contribution in [2.45, 2.75) is 24.3 Å². The normalized spacial score (nSPS) is 11.6. The lowest BCUT2D eigenvalue weighted by molar-refractivity contribution is 0.326. The Kier molecular flexibility index (Phi) is 6.56. The van der Waals surface area contributed by atoms with Crippen LogP contribution in [0.15, 0.2) is 53.4 Å². The maximum absolute atomic E-state index is 14.8. The van der Waals surface area contributed by atoms with Gasteiger partial charge in [0.2, 0.25) is 10.0 Å². The number of rotatable bonds is 8. The molecule has 0 fully saturated rings. The lowest BCUT2D eigenvalue weighted by Gasteiger charge is -2.11. The van der Waals surface area contributed by atoms with Crippen molar-refractivity contribution in [1.29, 1.82) is 5.26 Å². The summed E-state index contributed by atoms with van der Waals surface area (Å²) < 4.78 is 39.1. The number of nitriles is 1. The molecule has 0 aliphatic rings. The van der Waals surface area contributed by atoms with Gasteiger partial charge in [-0.1, -0.05) is 30.3 Å². The zero-order valence-corrected chi connectivity index (χ0v) is 17.2. The van der Waals surface area contributed by atoms with E-state index in [4.69, 9.17) is 10.4 Å². The molecule has 3 aromatic rings. The van der Waals surface area contributed by atoms with Gasteiger partial charge in [-0.3, -0.25) is 4.90 Å². The van der Waals surface area contributed by atoms with Gasteiger partial charge in [-0.05, 0) is 30.8 Å². The number of nitrogens with two attached hydrogens (primary N) is 1. The molecule has 2 aromatic carbocycles. The monoisotopic (exact) mass is 428 g/mol. The van der Waals surface area contributed by atoms with Crippen LogP contribution in [0.3, 0.4) is 0 Å². The van der Waals surface area contributed by atoms with Gasteiger partial charge in [0.05, 0.1) is 17.5 Å². The number of nitrogens with zero attached hydrogens (tertiary/aromatic N) is 5. The highest BCUT2D eigenvalue weighted by Gasteiger charge is 2.18. The van der Waals surface area contributed by atoms with Gasteiger partial charge in [0.1, 0.15) is 17.3 Å². The highest BCUT2D eigenvalue weighted by molar-refractivity contribution is 7.89. The van der Waals surface area contributed by atoms with Crippen molar-refractivity contribution in [2.24, 2.45) is 5.14 Å². The van der Waals surface area contributed by atoms with Crippen molar-refractivity contribution in [3.05, 3.63) is 71.6 Å². The molecule has 0 aliphatic carbocycles. The molecule has 0 spiro atoms. The molecule has 156 valence electrons. The van der Waals surface area contributed by atoms with Crippen molar-refractivity contribution < 1.29 is 12.8 Å². The number of hydrogen-bond donors (Lipinski definition) is 1. The first-order valence-electron chi connectivity index (χ1n) is 9.15.